The zero-order valence-electron chi connectivity index (χ0n) is 16.2. The Labute approximate surface area is 169 Å². The molecule has 1 aromatic carbocycles. The van der Waals surface area contributed by atoms with E-state index in [0.717, 1.165) is 34.4 Å². The van der Waals surface area contributed by atoms with Gasteiger partial charge in [-0.25, -0.2) is 9.97 Å². The highest BCUT2D eigenvalue weighted by Gasteiger charge is 2.23. The lowest BCUT2D eigenvalue weighted by Crippen LogP contribution is -2.33. The van der Waals surface area contributed by atoms with E-state index in [1.54, 1.807) is 18.4 Å². The second-order valence-electron chi connectivity index (χ2n) is 7.07. The number of thiophene rings is 1. The molecule has 3 aromatic rings. The number of aromatic nitrogens is 2. The number of nitrogens with one attached hydrogen (secondary N) is 1. The lowest BCUT2D eigenvalue weighted by Gasteiger charge is -2.20. The summed E-state index contributed by atoms with van der Waals surface area (Å²) in [4.78, 5) is 26.0. The Morgan fingerprint density at radius 2 is 1.96 bits per heavy atom. The minimum absolute atomic E-state index is 0.0280. The van der Waals surface area contributed by atoms with Crippen LogP contribution in [0.15, 0.2) is 30.3 Å². The smallest absolute Gasteiger partial charge is 0.239 e. The van der Waals surface area contributed by atoms with E-state index < -0.39 is 0 Å². The van der Waals surface area contributed by atoms with Gasteiger partial charge in [0.1, 0.15) is 10.6 Å². The minimum atomic E-state index is -0.0280. The molecule has 0 saturated heterocycles. The van der Waals surface area contributed by atoms with Crippen LogP contribution in [-0.2, 0) is 17.6 Å². The molecule has 0 atom stereocenters. The van der Waals surface area contributed by atoms with Crippen molar-refractivity contribution in [1.82, 2.24) is 15.3 Å². The predicted molar refractivity (Wildman–Crippen MR) is 117 cm³/mol. The number of hydrogen-bond donors (Lipinski definition) is 1. The maximum Gasteiger partial charge on any atom is 0.239 e. The Morgan fingerprint density at radius 3 is 2.75 bits per heavy atom. The summed E-state index contributed by atoms with van der Waals surface area (Å²) in [6.07, 6.45) is 8.59. The Balaban J connectivity index is 1.79. The number of nitrogens with zero attached hydrogens (tertiary/aromatic N) is 3. The lowest BCUT2D eigenvalue weighted by atomic mass is 9.97. The Kier molecular flexibility index (Phi) is 5.39. The third kappa shape index (κ3) is 3.78. The topological polar surface area (TPSA) is 58.1 Å². The number of fused-ring (bicyclic) bond motifs is 3. The maximum atomic E-state index is 11.9. The molecule has 1 aliphatic rings. The largest absolute Gasteiger partial charge is 0.358 e. The number of carbonyl (C=O) groups is 1. The number of likely N-dealkylation sites (N-methyl/N-ethyl adjacent to an activating group) is 2. The SMILES string of the molecule is CNC(=O)CN(C)c1nc(C=Cc2ccccc2)nc2sc3c(c12)CCCC3. The van der Waals surface area contributed by atoms with Crippen LogP contribution in [0.4, 0.5) is 5.82 Å². The number of benzene rings is 1. The molecule has 2 aromatic heterocycles. The Hall–Kier alpha value is -2.73. The van der Waals surface area contributed by atoms with Crippen LogP contribution < -0.4 is 10.2 Å². The maximum absolute atomic E-state index is 11.9. The molecule has 4 rings (SSSR count). The highest BCUT2D eigenvalue weighted by molar-refractivity contribution is 7.19. The van der Waals surface area contributed by atoms with Crippen LogP contribution >= 0.6 is 11.3 Å². The summed E-state index contributed by atoms with van der Waals surface area (Å²) in [5.41, 5.74) is 2.49. The first-order valence-electron chi connectivity index (χ1n) is 9.63. The van der Waals surface area contributed by atoms with Crippen molar-refractivity contribution in [1.29, 1.82) is 0 Å². The first-order valence-corrected chi connectivity index (χ1v) is 10.4. The van der Waals surface area contributed by atoms with Gasteiger partial charge < -0.3 is 10.2 Å². The summed E-state index contributed by atoms with van der Waals surface area (Å²) in [7, 11) is 3.58. The normalized spacial score (nSPS) is 13.6. The Bertz CT molecular complexity index is 1030. The van der Waals surface area contributed by atoms with Crippen molar-refractivity contribution < 1.29 is 4.79 Å². The molecule has 5 nitrogen and oxygen atoms in total. The van der Waals surface area contributed by atoms with Gasteiger partial charge in [0, 0.05) is 19.0 Å². The van der Waals surface area contributed by atoms with Gasteiger partial charge in [0.05, 0.1) is 11.9 Å². The van der Waals surface area contributed by atoms with Crippen LogP contribution in [0.25, 0.3) is 22.4 Å². The molecule has 0 unspecified atom stereocenters. The van der Waals surface area contributed by atoms with E-state index in [2.05, 4.69) is 17.4 Å². The summed E-state index contributed by atoms with van der Waals surface area (Å²) in [5, 5.41) is 3.82. The molecule has 0 bridgehead atoms. The Morgan fingerprint density at radius 1 is 1.18 bits per heavy atom. The predicted octanol–water partition coefficient (Wildman–Crippen LogP) is 3.92. The van der Waals surface area contributed by atoms with E-state index in [-0.39, 0.29) is 12.5 Å². The second kappa shape index (κ2) is 8.10. The molecule has 144 valence electrons. The molecule has 2 heterocycles. The molecule has 0 spiro atoms. The van der Waals surface area contributed by atoms with Crippen molar-refractivity contribution in [2.24, 2.45) is 0 Å². The van der Waals surface area contributed by atoms with Gasteiger partial charge in [-0.3, -0.25) is 4.79 Å². The van der Waals surface area contributed by atoms with Crippen molar-refractivity contribution in [3.63, 3.8) is 0 Å². The van der Waals surface area contributed by atoms with Crippen LogP contribution in [0.3, 0.4) is 0 Å². The molecule has 1 N–H and O–H groups in total. The van der Waals surface area contributed by atoms with Crippen molar-refractivity contribution >= 4 is 45.4 Å². The zero-order chi connectivity index (χ0) is 19.5. The van der Waals surface area contributed by atoms with Crippen molar-refractivity contribution in [2.75, 3.05) is 25.5 Å². The van der Waals surface area contributed by atoms with Gasteiger partial charge in [0.15, 0.2) is 5.82 Å². The third-order valence-corrected chi connectivity index (χ3v) is 6.24. The fourth-order valence-electron chi connectivity index (χ4n) is 3.61. The molecule has 0 fully saturated rings. The first-order chi connectivity index (χ1) is 13.7. The standard InChI is InChI=1S/C22H24N4OS/c1-23-19(27)14-26(2)21-20-16-10-6-7-11-17(16)28-22(20)25-18(24-21)13-12-15-8-4-3-5-9-15/h3-5,8-9,12-13H,6-7,10-11,14H2,1-2H3,(H,23,27). The van der Waals surface area contributed by atoms with Crippen molar-refractivity contribution in [2.45, 2.75) is 25.7 Å². The molecule has 0 aliphatic heterocycles. The summed E-state index contributed by atoms with van der Waals surface area (Å²) < 4.78 is 0. The number of rotatable bonds is 5. The van der Waals surface area contributed by atoms with Gasteiger partial charge in [-0.2, -0.15) is 0 Å². The zero-order valence-corrected chi connectivity index (χ0v) is 17.1. The first kappa shape index (κ1) is 18.6. The summed E-state index contributed by atoms with van der Waals surface area (Å²) in [5.74, 6) is 1.49. The summed E-state index contributed by atoms with van der Waals surface area (Å²) in [6.45, 7) is 0.273. The van der Waals surface area contributed by atoms with E-state index in [4.69, 9.17) is 9.97 Å². The third-order valence-electron chi connectivity index (χ3n) is 5.06. The molecular formula is C22H24N4OS. The van der Waals surface area contributed by atoms with Gasteiger partial charge in [0.25, 0.3) is 0 Å². The van der Waals surface area contributed by atoms with Crippen LogP contribution in [0.2, 0.25) is 0 Å². The van der Waals surface area contributed by atoms with E-state index >= 15 is 0 Å². The molecule has 0 saturated carbocycles. The van der Waals surface area contributed by atoms with Gasteiger partial charge >= 0.3 is 0 Å². The second-order valence-corrected chi connectivity index (χ2v) is 8.15. The summed E-state index contributed by atoms with van der Waals surface area (Å²) in [6, 6.07) is 10.1. The van der Waals surface area contributed by atoms with E-state index in [9.17, 15) is 4.79 Å². The quantitative estimate of drug-likeness (QED) is 0.715. The monoisotopic (exact) mass is 392 g/mol. The van der Waals surface area contributed by atoms with Crippen LogP contribution in [-0.4, -0.2) is 36.5 Å². The average molecular weight is 393 g/mol. The van der Waals surface area contributed by atoms with E-state index in [1.807, 2.05) is 42.3 Å². The number of carbonyl (C=O) groups excluding carboxylic acids is 1. The van der Waals surface area contributed by atoms with Crippen LogP contribution in [0.5, 0.6) is 0 Å². The number of aryl methyl sites for hydroxylation is 2. The lowest BCUT2D eigenvalue weighted by molar-refractivity contribution is -0.119. The van der Waals surface area contributed by atoms with Crippen molar-refractivity contribution in [3.8, 4) is 0 Å². The fraction of sp³-hybridized carbons (Fsp3) is 0.318. The van der Waals surface area contributed by atoms with Crippen molar-refractivity contribution in [3.05, 3.63) is 52.2 Å². The average Bonchev–Trinajstić information content (AvgIpc) is 3.10. The highest BCUT2D eigenvalue weighted by atomic mass is 32.1. The number of anilines is 1. The number of hydrogen-bond acceptors (Lipinski definition) is 5. The molecular weight excluding hydrogens is 368 g/mol. The van der Waals surface area contributed by atoms with Gasteiger partial charge in [-0.1, -0.05) is 36.4 Å². The molecule has 6 heteroatoms. The molecule has 1 amide bonds. The molecule has 1 aliphatic carbocycles. The fourth-order valence-corrected chi connectivity index (χ4v) is 4.87. The molecule has 0 radical (unpaired) electrons. The highest BCUT2D eigenvalue weighted by Crippen LogP contribution is 2.39. The van der Waals surface area contributed by atoms with E-state index in [1.165, 1.54) is 23.3 Å². The number of amides is 1. The van der Waals surface area contributed by atoms with Gasteiger partial charge in [-0.15, -0.1) is 11.3 Å². The van der Waals surface area contributed by atoms with Crippen LogP contribution in [0, 0.1) is 0 Å². The molecule has 28 heavy (non-hydrogen) atoms. The summed E-state index contributed by atoms with van der Waals surface area (Å²) >= 11 is 1.78. The van der Waals surface area contributed by atoms with E-state index in [0.29, 0.717) is 5.82 Å². The van der Waals surface area contributed by atoms with Gasteiger partial charge in [0.2, 0.25) is 5.91 Å². The minimum Gasteiger partial charge on any atom is -0.358 e. The van der Waals surface area contributed by atoms with Crippen LogP contribution in [0.1, 0.15) is 34.7 Å². The van der Waals surface area contributed by atoms with Gasteiger partial charge in [-0.05, 0) is 42.9 Å².